The van der Waals surface area contributed by atoms with Crippen LogP contribution in [0.1, 0.15) is 28.4 Å². The molecule has 13 heteroatoms. The Morgan fingerprint density at radius 2 is 1.84 bits per heavy atom. The fourth-order valence-electron chi connectivity index (χ4n) is 4.53. The van der Waals surface area contributed by atoms with Gasteiger partial charge in [0.1, 0.15) is 6.54 Å². The number of hydrogen-bond donors (Lipinski definition) is 1. The second kappa shape index (κ2) is 12.5. The number of imide groups is 1. The van der Waals surface area contributed by atoms with Gasteiger partial charge in [-0.2, -0.15) is 0 Å². The third kappa shape index (κ3) is 6.45. The second-order valence-electron chi connectivity index (χ2n) is 9.38. The van der Waals surface area contributed by atoms with Gasteiger partial charge in [0, 0.05) is 47.0 Å². The number of nitrogens with one attached hydrogen (secondary N) is 1. The molecular weight excluding hydrogens is 596 g/mol. The molecule has 0 bridgehead atoms. The number of benzene rings is 3. The molecule has 0 unspecified atom stereocenters. The van der Waals surface area contributed by atoms with Crippen LogP contribution < -0.4 is 5.32 Å². The fraction of sp³-hybridized carbons (Fsp3) is 0.133. The molecule has 2 heterocycles. The number of para-hydroxylation sites is 1. The number of aromatic nitrogens is 1. The van der Waals surface area contributed by atoms with Crippen molar-refractivity contribution in [1.82, 2.24) is 9.47 Å². The predicted octanol–water partition coefficient (Wildman–Crippen LogP) is 6.10. The van der Waals surface area contributed by atoms with Crippen LogP contribution in [-0.4, -0.2) is 50.6 Å². The Morgan fingerprint density at radius 3 is 2.56 bits per heavy atom. The van der Waals surface area contributed by atoms with Crippen molar-refractivity contribution in [2.75, 3.05) is 18.5 Å². The van der Waals surface area contributed by atoms with Crippen LogP contribution in [-0.2, 0) is 20.9 Å². The molecule has 3 aromatic carbocycles. The number of nitro benzene ring substituents is 1. The third-order valence-corrected chi connectivity index (χ3v) is 7.76. The summed E-state index contributed by atoms with van der Waals surface area (Å²) < 4.78 is 6.92. The minimum Gasteiger partial charge on any atom is -0.462 e. The molecule has 0 spiro atoms. The van der Waals surface area contributed by atoms with Crippen LogP contribution in [0.25, 0.3) is 17.0 Å². The molecule has 1 aromatic heterocycles. The summed E-state index contributed by atoms with van der Waals surface area (Å²) in [7, 11) is 0. The lowest BCUT2D eigenvalue weighted by Gasteiger charge is -2.13. The van der Waals surface area contributed by atoms with Gasteiger partial charge in [0.05, 0.1) is 27.0 Å². The van der Waals surface area contributed by atoms with Crippen molar-refractivity contribution in [2.24, 2.45) is 0 Å². The number of nitrogens with zero attached hydrogens (tertiary/aromatic N) is 3. The van der Waals surface area contributed by atoms with Gasteiger partial charge in [0.25, 0.3) is 16.8 Å². The summed E-state index contributed by atoms with van der Waals surface area (Å²) in [6.45, 7) is 1.71. The number of anilines is 1. The zero-order valence-electron chi connectivity index (χ0n) is 22.6. The van der Waals surface area contributed by atoms with E-state index in [4.69, 9.17) is 16.3 Å². The van der Waals surface area contributed by atoms with Crippen LogP contribution in [0.15, 0.2) is 77.8 Å². The highest BCUT2D eigenvalue weighted by molar-refractivity contribution is 8.18. The number of rotatable bonds is 9. The fourth-order valence-corrected chi connectivity index (χ4v) is 5.55. The summed E-state index contributed by atoms with van der Waals surface area (Å²) in [5.41, 5.74) is 2.74. The van der Waals surface area contributed by atoms with Crippen molar-refractivity contribution in [3.05, 3.63) is 110 Å². The zero-order chi connectivity index (χ0) is 30.7. The molecule has 0 saturated carbocycles. The lowest BCUT2D eigenvalue weighted by atomic mass is 10.1. The first-order chi connectivity index (χ1) is 20.6. The van der Waals surface area contributed by atoms with Crippen LogP contribution in [0.2, 0.25) is 5.02 Å². The van der Waals surface area contributed by atoms with Gasteiger partial charge >= 0.3 is 5.97 Å². The average molecular weight is 619 g/mol. The molecule has 1 N–H and O–H groups in total. The monoisotopic (exact) mass is 618 g/mol. The van der Waals surface area contributed by atoms with E-state index in [0.717, 1.165) is 33.1 Å². The summed E-state index contributed by atoms with van der Waals surface area (Å²) in [5, 5.41) is 14.0. The average Bonchev–Trinajstić information content (AvgIpc) is 3.45. The smallest absolute Gasteiger partial charge is 0.339 e. The van der Waals surface area contributed by atoms with Gasteiger partial charge in [-0.3, -0.25) is 29.4 Å². The first-order valence-corrected chi connectivity index (χ1v) is 14.2. The number of halogens is 1. The predicted molar refractivity (Wildman–Crippen MR) is 163 cm³/mol. The maximum Gasteiger partial charge on any atom is 0.339 e. The Hall–Kier alpha value is -4.94. The van der Waals surface area contributed by atoms with Crippen molar-refractivity contribution in [3.8, 4) is 0 Å². The molecule has 1 saturated heterocycles. The van der Waals surface area contributed by atoms with Gasteiger partial charge in [-0.25, -0.2) is 4.79 Å². The van der Waals surface area contributed by atoms with Crippen LogP contribution in [0.4, 0.5) is 16.2 Å². The van der Waals surface area contributed by atoms with Crippen molar-refractivity contribution < 1.29 is 28.8 Å². The van der Waals surface area contributed by atoms with Gasteiger partial charge in [-0.15, -0.1) is 0 Å². The van der Waals surface area contributed by atoms with Crippen molar-refractivity contribution in [3.63, 3.8) is 0 Å². The molecular formula is C30H23ClN4O7S. The topological polar surface area (TPSA) is 141 Å². The quantitative estimate of drug-likeness (QED) is 0.103. The van der Waals surface area contributed by atoms with E-state index >= 15 is 0 Å². The van der Waals surface area contributed by atoms with Crippen LogP contribution in [0.3, 0.4) is 0 Å². The molecule has 3 amide bonds. The van der Waals surface area contributed by atoms with Gasteiger partial charge in [0.2, 0.25) is 5.91 Å². The van der Waals surface area contributed by atoms with Crippen LogP contribution in [0, 0.1) is 10.1 Å². The molecule has 1 aliphatic rings. The van der Waals surface area contributed by atoms with Crippen molar-refractivity contribution >= 4 is 74.7 Å². The van der Waals surface area contributed by atoms with E-state index in [0.29, 0.717) is 12.1 Å². The number of hydrogen-bond acceptors (Lipinski definition) is 8. The molecule has 11 nitrogen and oxygen atoms in total. The Balaban J connectivity index is 1.33. The molecule has 5 rings (SSSR count). The van der Waals surface area contributed by atoms with Gasteiger partial charge < -0.3 is 14.6 Å². The maximum atomic E-state index is 13.2. The summed E-state index contributed by atoms with van der Waals surface area (Å²) in [6.07, 6.45) is 3.46. The maximum absolute atomic E-state index is 13.2. The Bertz CT molecular complexity index is 1820. The highest BCUT2D eigenvalue weighted by Crippen LogP contribution is 2.34. The van der Waals surface area contributed by atoms with Gasteiger partial charge in [-0.05, 0) is 54.6 Å². The summed E-state index contributed by atoms with van der Waals surface area (Å²) >= 11 is 6.80. The standard InChI is InChI=1S/C30H23ClN4O7S/c1-2-42-29(38)23-14-20(9-12-24(23)31)32-27(36)17-34-28(37)26(43-30(34)39)13-19-16-33(25-6-4-3-5-22(19)25)15-18-7-10-21(11-8-18)35(40)41/h3-14,16H,2,15,17H2,1H3,(H,32,36)/b26-13-. The van der Waals surface area contributed by atoms with E-state index in [9.17, 15) is 29.3 Å². The van der Waals surface area contributed by atoms with E-state index < -0.39 is 34.5 Å². The molecule has 218 valence electrons. The molecule has 0 aliphatic carbocycles. The highest BCUT2D eigenvalue weighted by atomic mass is 35.5. The molecule has 43 heavy (non-hydrogen) atoms. The van der Waals surface area contributed by atoms with E-state index in [-0.39, 0.29) is 33.5 Å². The lowest BCUT2D eigenvalue weighted by molar-refractivity contribution is -0.384. The zero-order valence-corrected chi connectivity index (χ0v) is 24.2. The third-order valence-electron chi connectivity index (χ3n) is 6.53. The van der Waals surface area contributed by atoms with E-state index in [1.165, 1.54) is 30.3 Å². The summed E-state index contributed by atoms with van der Waals surface area (Å²) in [4.78, 5) is 62.3. The first-order valence-electron chi connectivity index (χ1n) is 13.0. The number of nitro groups is 1. The van der Waals surface area contributed by atoms with Crippen LogP contribution >= 0.6 is 23.4 Å². The van der Waals surface area contributed by atoms with Gasteiger partial charge in [-0.1, -0.05) is 41.9 Å². The lowest BCUT2D eigenvalue weighted by Crippen LogP contribution is -2.36. The number of carbonyl (C=O) groups is 4. The number of esters is 1. The number of carbonyl (C=O) groups excluding carboxylic acids is 4. The largest absolute Gasteiger partial charge is 0.462 e. The van der Waals surface area contributed by atoms with E-state index in [2.05, 4.69) is 5.32 Å². The molecule has 1 aliphatic heterocycles. The number of fused-ring (bicyclic) bond motifs is 1. The van der Waals surface area contributed by atoms with Crippen molar-refractivity contribution in [2.45, 2.75) is 13.5 Å². The Kier molecular flexibility index (Phi) is 8.60. The normalized spacial score (nSPS) is 14.0. The number of ether oxygens (including phenoxy) is 1. The molecule has 1 fully saturated rings. The molecule has 0 atom stereocenters. The summed E-state index contributed by atoms with van der Waals surface area (Å²) in [5.74, 6) is -1.89. The number of thioether (sulfide) groups is 1. The highest BCUT2D eigenvalue weighted by Gasteiger charge is 2.36. The second-order valence-corrected chi connectivity index (χ2v) is 10.8. The molecule has 0 radical (unpaired) electrons. The first kappa shape index (κ1) is 29.5. The Labute approximate surface area is 254 Å². The molecule has 4 aromatic rings. The van der Waals surface area contributed by atoms with E-state index in [1.54, 1.807) is 25.1 Å². The SMILES string of the molecule is CCOC(=O)c1cc(NC(=O)CN2C(=O)S/C(=C\c3cn(Cc4ccc([N+](=O)[O-])cc4)c4ccccc34)C2=O)ccc1Cl. The number of non-ortho nitro benzene ring substituents is 1. The minimum atomic E-state index is -0.645. The van der Waals surface area contributed by atoms with Crippen molar-refractivity contribution in [1.29, 1.82) is 0 Å². The van der Waals surface area contributed by atoms with Crippen LogP contribution in [0.5, 0.6) is 0 Å². The van der Waals surface area contributed by atoms with E-state index in [1.807, 2.05) is 35.0 Å². The van der Waals surface area contributed by atoms with Gasteiger partial charge in [0.15, 0.2) is 0 Å². The number of amides is 3. The minimum absolute atomic E-state index is 0.000742. The Morgan fingerprint density at radius 1 is 1.09 bits per heavy atom. The summed E-state index contributed by atoms with van der Waals surface area (Å²) in [6, 6.07) is 18.1.